The molecule has 2 amide bonds. The van der Waals surface area contributed by atoms with Crippen LogP contribution in [0.4, 0.5) is 11.4 Å². The van der Waals surface area contributed by atoms with Crippen LogP contribution in [0.3, 0.4) is 0 Å². The highest BCUT2D eigenvalue weighted by atomic mass is 32.2. The first-order chi connectivity index (χ1) is 17.6. The summed E-state index contributed by atoms with van der Waals surface area (Å²) in [5, 5.41) is 5.29. The maximum absolute atomic E-state index is 13.1. The summed E-state index contributed by atoms with van der Waals surface area (Å²) in [5.74, 6) is -0.865. The Morgan fingerprint density at radius 3 is 2.16 bits per heavy atom. The number of nitrogens with zero attached hydrogens (tertiary/aromatic N) is 1. The molecule has 37 heavy (non-hydrogen) atoms. The third-order valence-electron chi connectivity index (χ3n) is 6.07. The average Bonchev–Trinajstić information content (AvgIpc) is 2.89. The molecule has 2 aromatic carbocycles. The van der Waals surface area contributed by atoms with Gasteiger partial charge in [-0.15, -0.1) is 0 Å². The van der Waals surface area contributed by atoms with Crippen LogP contribution in [0.5, 0.6) is 11.5 Å². The molecule has 1 saturated heterocycles. The van der Waals surface area contributed by atoms with E-state index in [1.165, 1.54) is 30.3 Å². The quantitative estimate of drug-likeness (QED) is 0.519. The molecule has 2 aromatic rings. The summed E-state index contributed by atoms with van der Waals surface area (Å²) in [7, 11) is -3.77. The van der Waals surface area contributed by atoms with Gasteiger partial charge in [-0.1, -0.05) is 0 Å². The normalized spacial score (nSPS) is 16.9. The molecule has 0 spiro atoms. The predicted octanol–water partition coefficient (Wildman–Crippen LogP) is 2.39. The molecule has 2 N–H and O–H groups in total. The van der Waals surface area contributed by atoms with E-state index in [-0.39, 0.29) is 36.7 Å². The molecule has 0 aromatic heterocycles. The van der Waals surface area contributed by atoms with Gasteiger partial charge < -0.3 is 24.8 Å². The molecule has 2 aliphatic rings. The first-order valence-electron chi connectivity index (χ1n) is 11.9. The van der Waals surface area contributed by atoms with E-state index in [1.807, 2.05) is 0 Å². The molecule has 1 fully saturated rings. The summed E-state index contributed by atoms with van der Waals surface area (Å²) < 4.78 is 43.8. The van der Waals surface area contributed by atoms with Gasteiger partial charge in [0.2, 0.25) is 15.9 Å². The first kappa shape index (κ1) is 26.4. The van der Waals surface area contributed by atoms with E-state index in [9.17, 15) is 22.8 Å². The summed E-state index contributed by atoms with van der Waals surface area (Å²) in [5.41, 5.74) is 1.08. The Balaban J connectivity index is 1.28. The lowest BCUT2D eigenvalue weighted by Crippen LogP contribution is -2.41. The van der Waals surface area contributed by atoms with Crippen molar-refractivity contribution in [2.24, 2.45) is 5.92 Å². The Morgan fingerprint density at radius 2 is 1.54 bits per heavy atom. The zero-order valence-corrected chi connectivity index (χ0v) is 21.4. The number of anilines is 2. The van der Waals surface area contributed by atoms with Gasteiger partial charge in [0.05, 0.1) is 10.8 Å². The van der Waals surface area contributed by atoms with Crippen molar-refractivity contribution in [3.63, 3.8) is 0 Å². The highest BCUT2D eigenvalue weighted by Gasteiger charge is 2.34. The highest BCUT2D eigenvalue weighted by molar-refractivity contribution is 7.89. The Hall–Kier alpha value is -3.64. The second-order valence-corrected chi connectivity index (χ2v) is 10.7. The molecule has 0 radical (unpaired) electrons. The smallest absolute Gasteiger partial charge is 0.309 e. The Kier molecular flexibility index (Phi) is 7.98. The lowest BCUT2D eigenvalue weighted by Gasteiger charge is -2.30. The van der Waals surface area contributed by atoms with Crippen molar-refractivity contribution in [3.8, 4) is 11.5 Å². The van der Waals surface area contributed by atoms with Gasteiger partial charge in [0, 0.05) is 37.5 Å². The maximum Gasteiger partial charge on any atom is 0.309 e. The Labute approximate surface area is 215 Å². The molecule has 11 nitrogen and oxygen atoms in total. The van der Waals surface area contributed by atoms with Gasteiger partial charge in [-0.3, -0.25) is 14.4 Å². The van der Waals surface area contributed by atoms with Crippen molar-refractivity contribution in [3.05, 3.63) is 42.5 Å². The number of rotatable bonds is 7. The molecule has 2 heterocycles. The van der Waals surface area contributed by atoms with Crippen molar-refractivity contribution in [1.29, 1.82) is 0 Å². The highest BCUT2D eigenvalue weighted by Crippen LogP contribution is 2.34. The van der Waals surface area contributed by atoms with Gasteiger partial charge >= 0.3 is 5.97 Å². The molecule has 0 aliphatic carbocycles. The van der Waals surface area contributed by atoms with Gasteiger partial charge in [0.25, 0.3) is 5.91 Å². The molecule has 1 atom stereocenters. The summed E-state index contributed by atoms with van der Waals surface area (Å²) >= 11 is 0. The van der Waals surface area contributed by atoms with Gasteiger partial charge in [-0.05, 0) is 56.2 Å². The summed E-state index contributed by atoms with van der Waals surface area (Å²) in [6.45, 7) is 3.94. The Morgan fingerprint density at radius 1 is 0.946 bits per heavy atom. The van der Waals surface area contributed by atoms with Crippen molar-refractivity contribution in [2.45, 2.75) is 37.7 Å². The zero-order chi connectivity index (χ0) is 26.6. The van der Waals surface area contributed by atoms with Crippen LogP contribution in [0.15, 0.2) is 47.4 Å². The molecule has 2 aliphatic heterocycles. The number of esters is 1. The number of nitrogens with one attached hydrogen (secondary N) is 2. The van der Waals surface area contributed by atoms with E-state index < -0.39 is 33.9 Å². The van der Waals surface area contributed by atoms with Crippen molar-refractivity contribution in [1.82, 2.24) is 4.31 Å². The number of hydrogen-bond donors (Lipinski definition) is 2. The minimum atomic E-state index is -3.77. The topological polar surface area (TPSA) is 140 Å². The van der Waals surface area contributed by atoms with Crippen LogP contribution in [0.25, 0.3) is 0 Å². The number of piperidine rings is 1. The van der Waals surface area contributed by atoms with Crippen LogP contribution in [0, 0.1) is 5.92 Å². The molecule has 4 rings (SSSR count). The molecular weight excluding hydrogens is 502 g/mol. The fourth-order valence-corrected chi connectivity index (χ4v) is 5.56. The summed E-state index contributed by atoms with van der Waals surface area (Å²) in [4.78, 5) is 36.3. The number of benzene rings is 2. The van der Waals surface area contributed by atoms with Gasteiger partial charge in [-0.25, -0.2) is 8.42 Å². The number of hydrogen-bond acceptors (Lipinski definition) is 8. The van der Waals surface area contributed by atoms with E-state index in [4.69, 9.17) is 14.2 Å². The van der Waals surface area contributed by atoms with Crippen LogP contribution in [0.2, 0.25) is 0 Å². The van der Waals surface area contributed by atoms with Crippen molar-refractivity contribution >= 4 is 39.2 Å². The van der Waals surface area contributed by atoms with Crippen molar-refractivity contribution in [2.75, 3.05) is 36.9 Å². The van der Waals surface area contributed by atoms with E-state index in [1.54, 1.807) is 30.3 Å². The third-order valence-corrected chi connectivity index (χ3v) is 7.97. The summed E-state index contributed by atoms with van der Waals surface area (Å²) in [6, 6.07) is 11.0. The van der Waals surface area contributed by atoms with Gasteiger partial charge in [-0.2, -0.15) is 4.31 Å². The van der Waals surface area contributed by atoms with Crippen LogP contribution < -0.4 is 20.1 Å². The van der Waals surface area contributed by atoms with Crippen LogP contribution in [-0.2, 0) is 29.1 Å². The van der Waals surface area contributed by atoms with Gasteiger partial charge in [0.15, 0.2) is 17.6 Å². The molecular formula is C25H29N3O8S. The standard InChI is InChI=1S/C25H29N3O8S/c1-16(24(30)27-20-5-3-19(4-6-20)26-17(2)29)36-25(31)18-9-11-28(12-10-18)37(32,33)21-7-8-22-23(15-21)35-14-13-34-22/h3-8,15-16,18H,9-14H2,1-2H3,(H,26,29)(H,27,30)/t16-/m0/s1. The van der Waals surface area contributed by atoms with Crippen LogP contribution in [-0.4, -0.2) is 62.9 Å². The van der Waals surface area contributed by atoms with Crippen LogP contribution >= 0.6 is 0 Å². The van der Waals surface area contributed by atoms with Crippen molar-refractivity contribution < 1.29 is 37.0 Å². The summed E-state index contributed by atoms with van der Waals surface area (Å²) in [6.07, 6.45) is -0.481. The fourth-order valence-electron chi connectivity index (χ4n) is 4.07. The molecule has 12 heteroatoms. The number of carbonyl (C=O) groups is 3. The number of fused-ring (bicyclic) bond motifs is 1. The average molecular weight is 532 g/mol. The first-order valence-corrected chi connectivity index (χ1v) is 13.4. The molecule has 0 bridgehead atoms. The predicted molar refractivity (Wildman–Crippen MR) is 134 cm³/mol. The van der Waals surface area contributed by atoms with E-state index in [0.29, 0.717) is 36.1 Å². The van der Waals surface area contributed by atoms with Crippen LogP contribution in [0.1, 0.15) is 26.7 Å². The number of amides is 2. The second kappa shape index (κ2) is 11.2. The molecule has 0 unspecified atom stereocenters. The third kappa shape index (κ3) is 6.38. The van der Waals surface area contributed by atoms with E-state index >= 15 is 0 Å². The largest absolute Gasteiger partial charge is 0.486 e. The monoisotopic (exact) mass is 531 g/mol. The maximum atomic E-state index is 13.1. The lowest BCUT2D eigenvalue weighted by molar-refractivity contribution is -0.158. The molecule has 0 saturated carbocycles. The number of ether oxygens (including phenoxy) is 3. The van der Waals surface area contributed by atoms with E-state index in [2.05, 4.69) is 10.6 Å². The zero-order valence-electron chi connectivity index (χ0n) is 20.6. The number of carbonyl (C=O) groups excluding carboxylic acids is 3. The minimum Gasteiger partial charge on any atom is -0.486 e. The number of sulfonamides is 1. The fraction of sp³-hybridized carbons (Fsp3) is 0.400. The minimum absolute atomic E-state index is 0.105. The SMILES string of the molecule is CC(=O)Nc1ccc(NC(=O)[C@H](C)OC(=O)C2CCN(S(=O)(=O)c3ccc4c(c3)OCCO4)CC2)cc1. The lowest BCUT2D eigenvalue weighted by atomic mass is 9.98. The van der Waals surface area contributed by atoms with Gasteiger partial charge in [0.1, 0.15) is 13.2 Å². The van der Waals surface area contributed by atoms with E-state index in [0.717, 1.165) is 0 Å². The Bertz CT molecular complexity index is 1270. The second-order valence-electron chi connectivity index (χ2n) is 8.81. The molecule has 198 valence electrons.